The molecule has 0 fully saturated rings. The molecule has 0 aromatic rings. The minimum absolute atomic E-state index is 0.650. The largest absolute Gasteiger partial charge is 0.0593 e. The molecule has 0 nitrogen and oxygen atoms in total. The van der Waals surface area contributed by atoms with E-state index in [2.05, 4.69) is 209 Å². The Morgan fingerprint density at radius 3 is 0.434 bits per heavy atom. The SMILES string of the molecule is BBB(B(B)B)B(B(B(B)B)B(B)B)B(B(B(B)B)B(B)B)B(B(B(B(B)B)B(B)B)B(B(B)B)B(B)B)B(B(B(B)B)B(B)B)B(B(B)B)B(B)B. The van der Waals surface area contributed by atoms with Crippen molar-refractivity contribution < 1.29 is 0 Å². The minimum atomic E-state index is 0.650. The molecule has 0 aromatic heterocycles. The van der Waals surface area contributed by atoms with E-state index in [9.17, 15) is 0 Å². The Balaban J connectivity index is 9.85. The van der Waals surface area contributed by atoms with Gasteiger partial charge in [-0.05, 0) is 0 Å². The van der Waals surface area contributed by atoms with Gasteiger partial charge in [-0.1, -0.05) is 0 Å². The highest BCUT2D eigenvalue weighted by Gasteiger charge is 2.61. The molecule has 0 N–H and O–H groups in total. The molecule has 0 aliphatic heterocycles. The fourth-order valence-corrected chi connectivity index (χ4v) is 15.0. The van der Waals surface area contributed by atoms with Gasteiger partial charge in [0, 0.05) is 167 Å². The zero-order valence-corrected chi connectivity index (χ0v) is 42.1. The molecule has 0 spiro atoms. The normalized spacial score (nSPS) is 9.66. The molecule has 0 atom stereocenters. The van der Waals surface area contributed by atoms with Crippen LogP contribution in [0.15, 0.2) is 0 Å². The van der Waals surface area contributed by atoms with Crippen LogP contribution >= 0.6 is 0 Å². The highest BCUT2D eigenvalue weighted by molar-refractivity contribution is 8.36. The molecule has 53 heavy (non-hydrogen) atoms. The first-order chi connectivity index (χ1) is 24.1. The van der Waals surface area contributed by atoms with E-state index in [1.165, 1.54) is 7.06 Å². The van der Waals surface area contributed by atoms with E-state index in [0.29, 0.717) is 153 Å². The molecule has 0 aliphatic rings. The van der Waals surface area contributed by atoms with Crippen molar-refractivity contribution in [2.75, 3.05) is 0 Å². The molecule has 0 rings (SSSR count). The van der Waals surface area contributed by atoms with Crippen molar-refractivity contribution in [3.63, 3.8) is 0 Å². The summed E-state index contributed by atoms with van der Waals surface area (Å²) in [6.07, 6.45) is 16.8. The van der Waals surface area contributed by atoms with E-state index in [1.807, 2.05) is 0 Å². The van der Waals surface area contributed by atoms with Gasteiger partial charge < -0.3 is 0 Å². The monoisotopic (exact) mass is 639 g/mol. The highest BCUT2D eigenvalue weighted by atomic mass is 13.4. The van der Waals surface area contributed by atoms with Crippen molar-refractivity contribution in [1.82, 2.24) is 0 Å². The standard InChI is InChI=1S/B53H55/c1-28-42(29(2)3)49(43(30(4)5)31(6)7)52(48(40(24)25)41(26)27)53(50(44(32(8)9)33(10)11)45(34(12)13)35(14)15)51(46(36(16)17)37(18)19)47(38(20)21)39(22)23/h28H,1-27H2. The van der Waals surface area contributed by atoms with Crippen LogP contribution in [-0.2, 0) is 0 Å². The summed E-state index contributed by atoms with van der Waals surface area (Å²) in [5.41, 5.74) is 0. The van der Waals surface area contributed by atoms with Crippen LogP contribution in [0.1, 0.15) is 0 Å². The third-order valence-electron chi connectivity index (χ3n) is 15.5. The number of hydrogen-bond acceptors (Lipinski definition) is 0. The third kappa shape index (κ3) is 15.4. The zero-order valence-electron chi connectivity index (χ0n) is 42.1. The molecule has 0 unspecified atom stereocenters. The van der Waals surface area contributed by atoms with Crippen LogP contribution in [0, 0.1) is 0 Å². The van der Waals surface area contributed by atoms with Crippen LogP contribution in [0.3, 0.4) is 0 Å². The molecular weight excluding hydrogens is 573 g/mol. The molecular formula is H55B53. The zero-order chi connectivity index (χ0) is 42.1. The molecule has 0 bridgehead atoms. The average Bonchev–Trinajstić information content (AvgIpc) is 2.93. The predicted octanol–water partition coefficient (Wildman–Crippen LogP) is -34.9. The van der Waals surface area contributed by atoms with Crippen LogP contribution in [-0.4, -0.2) is 376 Å². The summed E-state index contributed by atoms with van der Waals surface area (Å²) >= 11 is 0. The second kappa shape index (κ2) is 26.0. The van der Waals surface area contributed by atoms with Crippen molar-refractivity contribution in [3.8, 4) is 0 Å². The predicted molar refractivity (Wildman–Crippen MR) is 382 cm³/mol. The lowest BCUT2D eigenvalue weighted by Crippen LogP contribution is -2.95. The molecule has 0 aromatic carbocycles. The second-order valence-corrected chi connectivity index (χ2v) is 23.6. The fourth-order valence-electron chi connectivity index (χ4n) is 15.0. The molecule has 0 aliphatic carbocycles. The third-order valence-corrected chi connectivity index (χ3v) is 15.5. The summed E-state index contributed by atoms with van der Waals surface area (Å²) in [4.78, 5) is 0. The van der Waals surface area contributed by atoms with Gasteiger partial charge in [0.25, 0.3) is 0 Å². The summed E-state index contributed by atoms with van der Waals surface area (Å²) < 4.78 is 0. The van der Waals surface area contributed by atoms with E-state index in [1.54, 1.807) is 0 Å². The Bertz CT molecular complexity index is 792. The minimum Gasteiger partial charge on any atom is 0.00000927 e. The summed E-state index contributed by atoms with van der Waals surface area (Å²) in [7, 11) is 72.0. The van der Waals surface area contributed by atoms with E-state index in [0.717, 1.165) is 6.39 Å². The van der Waals surface area contributed by atoms with Gasteiger partial charge in [-0.25, -0.2) is 0 Å². The van der Waals surface area contributed by atoms with Crippen molar-refractivity contribution >= 4 is 376 Å². The van der Waals surface area contributed by atoms with E-state index in [-0.39, 0.29) is 0 Å². The van der Waals surface area contributed by atoms with Crippen molar-refractivity contribution in [3.05, 3.63) is 0 Å². The lowest BCUT2D eigenvalue weighted by Gasteiger charge is -2.57. The van der Waals surface area contributed by atoms with Gasteiger partial charge in [-0.2, -0.15) is 0 Å². The fraction of sp³-hybridized carbons (Fsp3) is 0. The Kier molecular flexibility index (Phi) is 27.7. The highest BCUT2D eigenvalue weighted by Crippen LogP contribution is 2.22. The van der Waals surface area contributed by atoms with Gasteiger partial charge in [0.15, 0.2) is 0 Å². The van der Waals surface area contributed by atoms with Gasteiger partial charge in [-0.15, -0.1) is 0 Å². The Morgan fingerprint density at radius 2 is 0.302 bits per heavy atom. The maximum absolute atomic E-state index is 2.64. The van der Waals surface area contributed by atoms with E-state index < -0.39 is 0 Å². The van der Waals surface area contributed by atoms with Crippen LogP contribution < -0.4 is 0 Å². The van der Waals surface area contributed by atoms with Gasteiger partial charge in [0.05, 0.1) is 209 Å². The number of rotatable bonds is 25. The first kappa shape index (κ1) is 56.4. The maximum Gasteiger partial charge on any atom is 0.0593 e. The molecule has 214 valence electrons. The lowest BCUT2D eigenvalue weighted by molar-refractivity contribution is 3.18. The smallest absolute Gasteiger partial charge is 0.00000927 e. The van der Waals surface area contributed by atoms with E-state index in [4.69, 9.17) is 0 Å². The quantitative estimate of drug-likeness (QED) is 0.0883. The maximum atomic E-state index is 2.64. The summed E-state index contributed by atoms with van der Waals surface area (Å²) in [6.45, 7) is 0. The molecule has 53 heteroatoms. The van der Waals surface area contributed by atoms with Gasteiger partial charge in [-0.3, -0.25) is 0 Å². The van der Waals surface area contributed by atoms with E-state index >= 15 is 0 Å². The van der Waals surface area contributed by atoms with Crippen LogP contribution in [0.4, 0.5) is 0 Å². The van der Waals surface area contributed by atoms with Crippen LogP contribution in [0.5, 0.6) is 0 Å². The van der Waals surface area contributed by atoms with Gasteiger partial charge >= 0.3 is 0 Å². The Labute approximate surface area is 372 Å². The van der Waals surface area contributed by atoms with Gasteiger partial charge in [0.2, 0.25) is 0 Å². The molecule has 0 saturated heterocycles. The summed E-state index contributed by atoms with van der Waals surface area (Å²) in [6, 6.07) is 0. The summed E-state index contributed by atoms with van der Waals surface area (Å²) in [5.74, 6) is 0. The van der Waals surface area contributed by atoms with Crippen LogP contribution in [0.2, 0.25) is 0 Å². The molecule has 0 saturated carbocycles. The lowest BCUT2D eigenvalue weighted by atomic mass is 8.24. The first-order valence-electron chi connectivity index (χ1n) is 24.1. The van der Waals surface area contributed by atoms with Crippen molar-refractivity contribution in [2.45, 2.75) is 0 Å². The molecule has 0 radical (unpaired) electrons. The summed E-state index contributed by atoms with van der Waals surface area (Å²) in [5, 5.41) is 0. The topological polar surface area (TPSA) is 0 Å². The van der Waals surface area contributed by atoms with Crippen molar-refractivity contribution in [1.29, 1.82) is 0 Å². The van der Waals surface area contributed by atoms with Gasteiger partial charge in [0.1, 0.15) is 0 Å². The molecule has 0 heterocycles. The molecule has 0 amide bonds. The Hall–Kier alpha value is 3.44. The Morgan fingerprint density at radius 1 is 0.170 bits per heavy atom. The second-order valence-electron chi connectivity index (χ2n) is 23.6. The average molecular weight is 628 g/mol. The van der Waals surface area contributed by atoms with Crippen molar-refractivity contribution in [2.24, 2.45) is 0 Å². The van der Waals surface area contributed by atoms with Crippen LogP contribution in [0.25, 0.3) is 0 Å². The number of hydrogen-bond donors (Lipinski definition) is 0. The first-order valence-corrected chi connectivity index (χ1v) is 24.1.